The first-order chi connectivity index (χ1) is 16.6. The van der Waals surface area contributed by atoms with Crippen molar-refractivity contribution in [1.82, 2.24) is 4.98 Å². The van der Waals surface area contributed by atoms with Gasteiger partial charge in [-0.3, -0.25) is 4.99 Å². The Kier molecular flexibility index (Phi) is 6.35. The summed E-state index contributed by atoms with van der Waals surface area (Å²) in [6.45, 7) is 8.40. The Morgan fingerprint density at radius 3 is 2.57 bits per heavy atom. The minimum Gasteiger partial charge on any atom is -0.506 e. The van der Waals surface area contributed by atoms with Gasteiger partial charge in [0.2, 0.25) is 5.89 Å². The molecule has 4 aromatic rings. The second-order valence-electron chi connectivity index (χ2n) is 9.28. The van der Waals surface area contributed by atoms with Crippen molar-refractivity contribution in [1.29, 1.82) is 0 Å². The van der Waals surface area contributed by atoms with E-state index in [-0.39, 0.29) is 22.4 Å². The molecule has 0 unspecified atom stereocenters. The third kappa shape index (κ3) is 4.75. The van der Waals surface area contributed by atoms with E-state index in [0.717, 1.165) is 16.6 Å². The lowest BCUT2D eigenvalue weighted by molar-refractivity contribution is 0.0601. The number of phenolic OH excluding ortho intramolecular Hbond substituents is 1. The lowest BCUT2D eigenvalue weighted by Crippen LogP contribution is -2.10. The fourth-order valence-electron chi connectivity index (χ4n) is 3.76. The lowest BCUT2D eigenvalue weighted by Gasteiger charge is -2.18. The standard InChI is InChI=1S/C28H28N2O5/c1-16-12-20(26-30-21-14-18(28(2,3)4)10-11-23(21)35-26)24(33-5)13-17(16)15-29-25-19(27(32)34-6)8-7-9-22(25)31/h7-15,31H,1-6H3/b29-15+. The van der Waals surface area contributed by atoms with Gasteiger partial charge in [-0.2, -0.15) is 0 Å². The molecule has 7 nitrogen and oxygen atoms in total. The van der Waals surface area contributed by atoms with Crippen LogP contribution in [0, 0.1) is 6.92 Å². The zero-order valence-corrected chi connectivity index (χ0v) is 20.7. The topological polar surface area (TPSA) is 94.2 Å². The smallest absolute Gasteiger partial charge is 0.340 e. The highest BCUT2D eigenvalue weighted by Gasteiger charge is 2.19. The maximum absolute atomic E-state index is 12.1. The van der Waals surface area contributed by atoms with E-state index in [1.54, 1.807) is 25.5 Å². The van der Waals surface area contributed by atoms with Crippen LogP contribution in [-0.4, -0.2) is 36.5 Å². The van der Waals surface area contributed by atoms with Gasteiger partial charge in [0.1, 0.15) is 22.7 Å². The van der Waals surface area contributed by atoms with Gasteiger partial charge in [0, 0.05) is 6.21 Å². The van der Waals surface area contributed by atoms with Crippen LogP contribution in [0.25, 0.3) is 22.6 Å². The van der Waals surface area contributed by atoms with Crippen LogP contribution in [0.15, 0.2) is 57.9 Å². The molecule has 35 heavy (non-hydrogen) atoms. The zero-order valence-electron chi connectivity index (χ0n) is 20.7. The molecule has 7 heteroatoms. The molecule has 0 amide bonds. The van der Waals surface area contributed by atoms with E-state index in [4.69, 9.17) is 18.9 Å². The Morgan fingerprint density at radius 1 is 1.11 bits per heavy atom. The van der Waals surface area contributed by atoms with Crippen molar-refractivity contribution in [3.05, 3.63) is 70.8 Å². The summed E-state index contributed by atoms with van der Waals surface area (Å²) in [5, 5.41) is 10.2. The van der Waals surface area contributed by atoms with Crippen molar-refractivity contribution in [2.75, 3.05) is 14.2 Å². The van der Waals surface area contributed by atoms with Crippen molar-refractivity contribution in [3.63, 3.8) is 0 Å². The number of methoxy groups -OCH3 is 2. The second-order valence-corrected chi connectivity index (χ2v) is 9.28. The first kappa shape index (κ1) is 24.0. The minimum absolute atomic E-state index is 0.00346. The SMILES string of the molecule is COC(=O)c1cccc(O)c1/N=C/c1cc(OC)c(-c2nc3cc(C(C)(C)C)ccc3o2)cc1C. The number of ether oxygens (including phenoxy) is 2. The molecule has 0 aliphatic carbocycles. The van der Waals surface area contributed by atoms with E-state index < -0.39 is 5.97 Å². The molecule has 0 atom stereocenters. The van der Waals surface area contributed by atoms with E-state index in [9.17, 15) is 9.90 Å². The molecule has 0 aliphatic rings. The van der Waals surface area contributed by atoms with Crippen molar-refractivity contribution in [2.24, 2.45) is 4.99 Å². The number of para-hydroxylation sites is 1. The van der Waals surface area contributed by atoms with Crippen LogP contribution in [-0.2, 0) is 10.2 Å². The van der Waals surface area contributed by atoms with Crippen LogP contribution < -0.4 is 4.74 Å². The van der Waals surface area contributed by atoms with Crippen LogP contribution in [0.3, 0.4) is 0 Å². The Balaban J connectivity index is 1.74. The van der Waals surface area contributed by atoms with E-state index >= 15 is 0 Å². The molecule has 0 fully saturated rings. The molecule has 3 aromatic carbocycles. The normalized spacial score (nSPS) is 11.8. The summed E-state index contributed by atoms with van der Waals surface area (Å²) in [5.41, 5.74) is 5.32. The number of carbonyl (C=O) groups is 1. The largest absolute Gasteiger partial charge is 0.506 e. The Hall–Kier alpha value is -4.13. The molecule has 1 aromatic heterocycles. The molecule has 4 rings (SSSR count). The number of oxazole rings is 1. The first-order valence-corrected chi connectivity index (χ1v) is 11.2. The van der Waals surface area contributed by atoms with Crippen LogP contribution >= 0.6 is 0 Å². The number of fused-ring (bicyclic) bond motifs is 1. The number of aromatic hydroxyl groups is 1. The van der Waals surface area contributed by atoms with Crippen molar-refractivity contribution in [2.45, 2.75) is 33.1 Å². The molecule has 0 saturated carbocycles. The predicted octanol–water partition coefficient (Wildman–Crippen LogP) is 6.35. The maximum atomic E-state index is 12.1. The monoisotopic (exact) mass is 472 g/mol. The van der Waals surface area contributed by atoms with E-state index in [1.165, 1.54) is 18.7 Å². The number of aliphatic imine (C=N–C) groups is 1. The summed E-state index contributed by atoms with van der Waals surface area (Å²) < 4.78 is 16.5. The predicted molar refractivity (Wildman–Crippen MR) is 136 cm³/mol. The second kappa shape index (κ2) is 9.25. The number of phenols is 1. The number of hydrogen-bond acceptors (Lipinski definition) is 7. The first-order valence-electron chi connectivity index (χ1n) is 11.2. The van der Waals surface area contributed by atoms with Gasteiger partial charge in [-0.1, -0.05) is 32.9 Å². The van der Waals surface area contributed by atoms with Gasteiger partial charge in [0.05, 0.1) is 25.3 Å². The molecular formula is C28H28N2O5. The van der Waals surface area contributed by atoms with Gasteiger partial charge >= 0.3 is 5.97 Å². The van der Waals surface area contributed by atoms with Crippen molar-refractivity contribution < 1.29 is 23.8 Å². The highest BCUT2D eigenvalue weighted by atomic mass is 16.5. The molecule has 1 heterocycles. The van der Waals surface area contributed by atoms with Crippen LogP contribution in [0.5, 0.6) is 11.5 Å². The molecule has 0 aliphatic heterocycles. The molecule has 0 spiro atoms. The number of rotatable bonds is 5. The van der Waals surface area contributed by atoms with E-state index in [0.29, 0.717) is 22.8 Å². The van der Waals surface area contributed by atoms with Crippen LogP contribution in [0.1, 0.15) is 47.8 Å². The Bertz CT molecular complexity index is 1440. The van der Waals surface area contributed by atoms with Gasteiger partial charge in [0.25, 0.3) is 0 Å². The molecule has 0 saturated heterocycles. The number of nitrogens with zero attached hydrogens (tertiary/aromatic N) is 2. The number of carbonyl (C=O) groups excluding carboxylic acids is 1. The van der Waals surface area contributed by atoms with E-state index in [1.807, 2.05) is 31.2 Å². The highest BCUT2D eigenvalue weighted by molar-refractivity contribution is 5.98. The summed E-state index contributed by atoms with van der Waals surface area (Å²) in [6.07, 6.45) is 1.57. The number of esters is 1. The molecule has 0 radical (unpaired) electrons. The molecular weight excluding hydrogens is 444 g/mol. The Labute approximate surface area is 204 Å². The number of benzene rings is 3. The summed E-state index contributed by atoms with van der Waals surface area (Å²) in [7, 11) is 2.86. The average molecular weight is 473 g/mol. The van der Waals surface area contributed by atoms with Gasteiger partial charge in [-0.25, -0.2) is 9.78 Å². The third-order valence-corrected chi connectivity index (χ3v) is 5.82. The summed E-state index contributed by atoms with van der Waals surface area (Å²) in [5.74, 6) is 0.322. The summed E-state index contributed by atoms with van der Waals surface area (Å²) in [6, 6.07) is 14.4. The van der Waals surface area contributed by atoms with Gasteiger partial charge < -0.3 is 19.0 Å². The molecule has 0 bridgehead atoms. The van der Waals surface area contributed by atoms with Crippen molar-refractivity contribution in [3.8, 4) is 23.0 Å². The number of aryl methyl sites for hydroxylation is 1. The zero-order chi connectivity index (χ0) is 25.3. The fourth-order valence-corrected chi connectivity index (χ4v) is 3.76. The summed E-state index contributed by atoms with van der Waals surface area (Å²) in [4.78, 5) is 21.2. The maximum Gasteiger partial charge on any atom is 0.340 e. The number of hydrogen-bond donors (Lipinski definition) is 1. The number of aromatic nitrogens is 1. The van der Waals surface area contributed by atoms with Crippen molar-refractivity contribution >= 4 is 29.0 Å². The molecule has 1 N–H and O–H groups in total. The quantitative estimate of drug-likeness (QED) is 0.269. The minimum atomic E-state index is -0.580. The average Bonchev–Trinajstić information content (AvgIpc) is 3.26. The van der Waals surface area contributed by atoms with Gasteiger partial charge in [0.15, 0.2) is 5.58 Å². The highest BCUT2D eigenvalue weighted by Crippen LogP contribution is 2.36. The third-order valence-electron chi connectivity index (χ3n) is 5.82. The van der Waals surface area contributed by atoms with Gasteiger partial charge in [-0.15, -0.1) is 0 Å². The Morgan fingerprint density at radius 2 is 1.89 bits per heavy atom. The van der Waals surface area contributed by atoms with Gasteiger partial charge in [-0.05, 0) is 65.4 Å². The molecule has 180 valence electrons. The fraction of sp³-hybridized carbons (Fsp3) is 0.250. The van der Waals surface area contributed by atoms with Crippen LogP contribution in [0.2, 0.25) is 0 Å². The van der Waals surface area contributed by atoms with Crippen LogP contribution in [0.4, 0.5) is 5.69 Å². The van der Waals surface area contributed by atoms with E-state index in [2.05, 4.69) is 31.8 Å². The lowest BCUT2D eigenvalue weighted by atomic mass is 9.87. The summed E-state index contributed by atoms with van der Waals surface area (Å²) >= 11 is 0.